The van der Waals surface area contributed by atoms with Crippen LogP contribution in [0.15, 0.2) is 36.9 Å². The third-order valence-electron chi connectivity index (χ3n) is 2.38. The number of H-pyrrole nitrogens is 1. The van der Waals surface area contributed by atoms with Gasteiger partial charge in [0.05, 0.1) is 6.20 Å². The molecule has 2 heterocycles. The molecule has 0 saturated carbocycles. The smallest absolute Gasteiger partial charge is 0.0534 e. The molecule has 0 spiro atoms. The van der Waals surface area contributed by atoms with E-state index in [9.17, 15) is 0 Å². The van der Waals surface area contributed by atoms with Gasteiger partial charge < -0.3 is 5.32 Å². The van der Waals surface area contributed by atoms with Crippen molar-refractivity contribution in [2.24, 2.45) is 0 Å². The first-order valence-electron chi connectivity index (χ1n) is 4.97. The summed E-state index contributed by atoms with van der Waals surface area (Å²) in [5.74, 6) is 0. The van der Waals surface area contributed by atoms with Crippen LogP contribution in [0.1, 0.15) is 24.1 Å². The summed E-state index contributed by atoms with van der Waals surface area (Å²) in [6.45, 7) is 2.96. The van der Waals surface area contributed by atoms with Crippen LogP contribution >= 0.6 is 0 Å². The van der Waals surface area contributed by atoms with E-state index < -0.39 is 0 Å². The standard InChI is InChI=1S/C11H14N4/c1-9(11-7-14-15-8-11)13-6-10-2-4-12-5-3-10/h2-5,7-9,13H,6H2,1H3,(H,14,15). The molecule has 1 atom stereocenters. The Balaban J connectivity index is 1.89. The Hall–Kier alpha value is -1.68. The summed E-state index contributed by atoms with van der Waals surface area (Å²) in [7, 11) is 0. The van der Waals surface area contributed by atoms with Gasteiger partial charge in [-0.25, -0.2) is 0 Å². The zero-order valence-electron chi connectivity index (χ0n) is 8.64. The van der Waals surface area contributed by atoms with Crippen molar-refractivity contribution < 1.29 is 0 Å². The molecule has 0 aliphatic carbocycles. The molecule has 2 N–H and O–H groups in total. The van der Waals surface area contributed by atoms with E-state index in [2.05, 4.69) is 27.4 Å². The number of hydrogen-bond donors (Lipinski definition) is 2. The van der Waals surface area contributed by atoms with E-state index in [1.165, 1.54) is 11.1 Å². The summed E-state index contributed by atoms with van der Waals surface area (Å²) in [6, 6.07) is 4.32. The van der Waals surface area contributed by atoms with E-state index >= 15 is 0 Å². The second-order valence-corrected chi connectivity index (χ2v) is 3.49. The second kappa shape index (κ2) is 4.70. The van der Waals surface area contributed by atoms with Gasteiger partial charge in [-0.15, -0.1) is 0 Å². The van der Waals surface area contributed by atoms with Crippen molar-refractivity contribution >= 4 is 0 Å². The van der Waals surface area contributed by atoms with Crippen LogP contribution in [0.2, 0.25) is 0 Å². The molecular formula is C11H14N4. The Morgan fingerprint density at radius 1 is 1.40 bits per heavy atom. The minimum atomic E-state index is 0.303. The van der Waals surface area contributed by atoms with Crippen LogP contribution in [0.25, 0.3) is 0 Å². The van der Waals surface area contributed by atoms with Gasteiger partial charge >= 0.3 is 0 Å². The van der Waals surface area contributed by atoms with E-state index in [1.54, 1.807) is 12.4 Å². The fraction of sp³-hybridized carbons (Fsp3) is 0.273. The van der Waals surface area contributed by atoms with Crippen molar-refractivity contribution in [2.45, 2.75) is 19.5 Å². The minimum Gasteiger partial charge on any atom is -0.306 e. The van der Waals surface area contributed by atoms with E-state index in [0.29, 0.717) is 6.04 Å². The van der Waals surface area contributed by atoms with Crippen LogP contribution in [0.3, 0.4) is 0 Å². The number of aromatic nitrogens is 3. The van der Waals surface area contributed by atoms with Crippen molar-refractivity contribution in [3.8, 4) is 0 Å². The number of pyridine rings is 1. The van der Waals surface area contributed by atoms with E-state index in [0.717, 1.165) is 6.54 Å². The predicted molar refractivity (Wildman–Crippen MR) is 58.1 cm³/mol. The van der Waals surface area contributed by atoms with E-state index in [-0.39, 0.29) is 0 Å². The Morgan fingerprint density at radius 2 is 2.20 bits per heavy atom. The highest BCUT2D eigenvalue weighted by molar-refractivity contribution is 5.12. The van der Waals surface area contributed by atoms with Crippen LogP contribution in [-0.2, 0) is 6.54 Å². The highest BCUT2D eigenvalue weighted by Gasteiger charge is 2.04. The summed E-state index contributed by atoms with van der Waals surface area (Å²) >= 11 is 0. The number of nitrogens with zero attached hydrogens (tertiary/aromatic N) is 2. The van der Waals surface area contributed by atoms with Crippen LogP contribution in [0.5, 0.6) is 0 Å². The Labute approximate surface area is 88.8 Å². The van der Waals surface area contributed by atoms with Gasteiger partial charge in [-0.05, 0) is 24.6 Å². The largest absolute Gasteiger partial charge is 0.306 e. The summed E-state index contributed by atoms with van der Waals surface area (Å²) in [4.78, 5) is 3.98. The molecule has 2 aromatic heterocycles. The van der Waals surface area contributed by atoms with E-state index in [1.807, 2.05) is 24.5 Å². The summed E-state index contributed by atoms with van der Waals surface area (Å²) in [5, 5.41) is 10.1. The number of nitrogens with one attached hydrogen (secondary N) is 2. The topological polar surface area (TPSA) is 53.6 Å². The van der Waals surface area contributed by atoms with Gasteiger partial charge in [0.15, 0.2) is 0 Å². The fourth-order valence-electron chi connectivity index (χ4n) is 1.39. The first kappa shape index (κ1) is 9.86. The maximum atomic E-state index is 3.98. The Bertz CT molecular complexity index is 382. The molecule has 0 radical (unpaired) electrons. The molecule has 4 heteroatoms. The fourth-order valence-corrected chi connectivity index (χ4v) is 1.39. The van der Waals surface area contributed by atoms with Crippen LogP contribution in [0.4, 0.5) is 0 Å². The third kappa shape index (κ3) is 2.63. The van der Waals surface area contributed by atoms with E-state index in [4.69, 9.17) is 0 Å². The number of aromatic amines is 1. The van der Waals surface area contributed by atoms with Gasteiger partial charge in [0.2, 0.25) is 0 Å². The lowest BCUT2D eigenvalue weighted by Gasteiger charge is -2.11. The molecule has 0 aromatic carbocycles. The second-order valence-electron chi connectivity index (χ2n) is 3.49. The first-order chi connectivity index (χ1) is 7.36. The van der Waals surface area contributed by atoms with Gasteiger partial charge in [-0.3, -0.25) is 10.1 Å². The monoisotopic (exact) mass is 202 g/mol. The molecule has 4 nitrogen and oxygen atoms in total. The lowest BCUT2D eigenvalue weighted by molar-refractivity contribution is 0.574. The maximum absolute atomic E-state index is 3.98. The van der Waals surface area contributed by atoms with Gasteiger partial charge in [0.25, 0.3) is 0 Å². The lowest BCUT2D eigenvalue weighted by Crippen LogP contribution is -2.17. The molecule has 78 valence electrons. The molecule has 0 amide bonds. The molecule has 0 bridgehead atoms. The minimum absolute atomic E-state index is 0.303. The zero-order chi connectivity index (χ0) is 10.5. The van der Waals surface area contributed by atoms with Crippen molar-refractivity contribution in [2.75, 3.05) is 0 Å². The maximum Gasteiger partial charge on any atom is 0.0534 e. The average Bonchev–Trinajstić information content (AvgIpc) is 2.81. The summed E-state index contributed by atoms with van der Waals surface area (Å²) in [5.41, 5.74) is 2.41. The van der Waals surface area contributed by atoms with Gasteiger partial charge in [0.1, 0.15) is 0 Å². The van der Waals surface area contributed by atoms with Crippen LogP contribution < -0.4 is 5.32 Å². The zero-order valence-corrected chi connectivity index (χ0v) is 8.64. The molecule has 2 rings (SSSR count). The summed E-state index contributed by atoms with van der Waals surface area (Å²) < 4.78 is 0. The van der Waals surface area contributed by atoms with Gasteiger partial charge in [0, 0.05) is 36.7 Å². The molecule has 0 aliphatic heterocycles. The Morgan fingerprint density at radius 3 is 2.87 bits per heavy atom. The number of rotatable bonds is 4. The molecule has 0 saturated heterocycles. The molecule has 0 fully saturated rings. The van der Waals surface area contributed by atoms with Crippen molar-refractivity contribution in [3.63, 3.8) is 0 Å². The average molecular weight is 202 g/mol. The van der Waals surface area contributed by atoms with Crippen LogP contribution in [0, 0.1) is 0 Å². The predicted octanol–water partition coefficient (Wildman–Crippen LogP) is 1.66. The van der Waals surface area contributed by atoms with Gasteiger partial charge in [-0.2, -0.15) is 5.10 Å². The van der Waals surface area contributed by atoms with Crippen LogP contribution in [-0.4, -0.2) is 15.2 Å². The molecular weight excluding hydrogens is 188 g/mol. The third-order valence-corrected chi connectivity index (χ3v) is 2.38. The van der Waals surface area contributed by atoms with Crippen molar-refractivity contribution in [3.05, 3.63) is 48.0 Å². The lowest BCUT2D eigenvalue weighted by atomic mass is 10.2. The van der Waals surface area contributed by atoms with Crippen molar-refractivity contribution in [1.29, 1.82) is 0 Å². The molecule has 0 aliphatic rings. The summed E-state index contributed by atoms with van der Waals surface area (Å²) in [6.07, 6.45) is 7.35. The van der Waals surface area contributed by atoms with Gasteiger partial charge in [-0.1, -0.05) is 0 Å². The first-order valence-corrected chi connectivity index (χ1v) is 4.97. The van der Waals surface area contributed by atoms with Crippen molar-refractivity contribution in [1.82, 2.24) is 20.5 Å². The molecule has 15 heavy (non-hydrogen) atoms. The molecule has 2 aromatic rings. The Kier molecular flexibility index (Phi) is 3.09. The normalized spacial score (nSPS) is 12.6. The SMILES string of the molecule is CC(NCc1ccncc1)c1cn[nH]c1. The highest BCUT2D eigenvalue weighted by atomic mass is 15.1. The number of hydrogen-bond acceptors (Lipinski definition) is 3. The molecule has 1 unspecified atom stereocenters. The quantitative estimate of drug-likeness (QED) is 0.792. The highest BCUT2D eigenvalue weighted by Crippen LogP contribution is 2.09.